The first-order valence-electron chi connectivity index (χ1n) is 9.55. The number of hydrogen-bond donors (Lipinski definition) is 3. The number of carbonyl (C=O) groups excluding carboxylic acids is 1. The number of primary sulfonamides is 1. The summed E-state index contributed by atoms with van der Waals surface area (Å²) in [5.41, 5.74) is 2.62. The number of phenolic OH excluding ortho intramolecular Hbond substituents is 1. The molecular weight excluding hydrogens is 400 g/mol. The van der Waals surface area contributed by atoms with Gasteiger partial charge < -0.3 is 10.4 Å². The van der Waals surface area contributed by atoms with Crippen LogP contribution in [-0.2, 0) is 21.2 Å². The van der Waals surface area contributed by atoms with Crippen molar-refractivity contribution in [2.75, 3.05) is 5.32 Å². The molecule has 0 aromatic heterocycles. The predicted molar refractivity (Wildman–Crippen MR) is 117 cm³/mol. The van der Waals surface area contributed by atoms with E-state index in [0.717, 1.165) is 11.1 Å². The summed E-state index contributed by atoms with van der Waals surface area (Å²) in [6, 6.07) is 22.2. The van der Waals surface area contributed by atoms with Crippen molar-refractivity contribution < 1.29 is 18.3 Å². The highest BCUT2D eigenvalue weighted by atomic mass is 32.2. The molecule has 0 spiro atoms. The molecule has 3 aromatic carbocycles. The maximum atomic E-state index is 12.7. The van der Waals surface area contributed by atoms with Gasteiger partial charge in [-0.1, -0.05) is 42.5 Å². The number of phenols is 1. The minimum atomic E-state index is -3.77. The van der Waals surface area contributed by atoms with Gasteiger partial charge in [0, 0.05) is 18.5 Å². The Morgan fingerprint density at radius 2 is 1.57 bits per heavy atom. The zero-order valence-electron chi connectivity index (χ0n) is 16.4. The van der Waals surface area contributed by atoms with E-state index in [4.69, 9.17) is 5.14 Å². The lowest BCUT2D eigenvalue weighted by molar-refractivity contribution is -0.119. The van der Waals surface area contributed by atoms with Crippen LogP contribution in [0, 0.1) is 0 Å². The fraction of sp³-hybridized carbons (Fsp3) is 0.174. The van der Waals surface area contributed by atoms with Crippen molar-refractivity contribution in [1.29, 1.82) is 0 Å². The number of ketones is 1. The third kappa shape index (κ3) is 6.17. The van der Waals surface area contributed by atoms with Crippen molar-refractivity contribution in [3.05, 3.63) is 90.0 Å². The van der Waals surface area contributed by atoms with Crippen LogP contribution in [0.15, 0.2) is 83.8 Å². The van der Waals surface area contributed by atoms with Gasteiger partial charge in [0.1, 0.15) is 11.5 Å². The number of sulfonamides is 1. The van der Waals surface area contributed by atoms with Gasteiger partial charge in [-0.2, -0.15) is 0 Å². The Hall–Kier alpha value is -3.16. The van der Waals surface area contributed by atoms with E-state index in [0.29, 0.717) is 18.5 Å². The lowest BCUT2D eigenvalue weighted by Crippen LogP contribution is -2.16. The maximum Gasteiger partial charge on any atom is 0.238 e. The summed E-state index contributed by atoms with van der Waals surface area (Å²) in [4.78, 5) is 12.7. The summed E-state index contributed by atoms with van der Waals surface area (Å²) < 4.78 is 22.9. The average molecular weight is 425 g/mol. The number of nitrogens with one attached hydrogen (secondary N) is 1. The molecule has 0 heterocycles. The van der Waals surface area contributed by atoms with E-state index in [1.807, 2.05) is 30.3 Å². The van der Waals surface area contributed by atoms with Gasteiger partial charge >= 0.3 is 0 Å². The molecule has 0 aliphatic rings. The quantitative estimate of drug-likeness (QED) is 0.484. The summed E-state index contributed by atoms with van der Waals surface area (Å²) in [5.74, 6) is 0.246. The van der Waals surface area contributed by atoms with E-state index in [1.54, 1.807) is 36.4 Å². The number of carbonyl (C=O) groups is 1. The minimum absolute atomic E-state index is 0.0215. The molecule has 0 bridgehead atoms. The fourth-order valence-corrected chi connectivity index (χ4v) is 3.67. The Kier molecular flexibility index (Phi) is 6.87. The van der Waals surface area contributed by atoms with Crippen LogP contribution >= 0.6 is 0 Å². The van der Waals surface area contributed by atoms with Gasteiger partial charge in [0.25, 0.3) is 0 Å². The summed E-state index contributed by atoms with van der Waals surface area (Å²) in [6.07, 6.45) is 1.35. The number of nitrogens with two attached hydrogens (primary N) is 1. The molecular formula is C23H24N2O4S. The third-order valence-electron chi connectivity index (χ3n) is 4.79. The molecule has 1 unspecified atom stereocenters. The van der Waals surface area contributed by atoms with Crippen molar-refractivity contribution in [1.82, 2.24) is 0 Å². The Bertz CT molecular complexity index is 1080. The number of hydrogen-bond acceptors (Lipinski definition) is 5. The molecule has 0 aliphatic carbocycles. The molecule has 0 saturated carbocycles. The first-order chi connectivity index (χ1) is 14.3. The molecule has 0 fully saturated rings. The number of aryl methyl sites for hydroxylation is 1. The summed E-state index contributed by atoms with van der Waals surface area (Å²) in [6.45, 7) is 0. The highest BCUT2D eigenvalue weighted by molar-refractivity contribution is 7.89. The molecule has 7 heteroatoms. The molecule has 0 aliphatic heterocycles. The van der Waals surface area contributed by atoms with E-state index < -0.39 is 10.0 Å². The number of Topliss-reactive ketones (excluding diaryl/α,β-unsaturated/α-hetero) is 1. The molecule has 3 rings (SSSR count). The third-order valence-corrected chi connectivity index (χ3v) is 5.72. The first kappa shape index (κ1) is 21.5. The summed E-state index contributed by atoms with van der Waals surface area (Å²) in [5, 5.41) is 18.0. The van der Waals surface area contributed by atoms with Crippen LogP contribution in [0.4, 0.5) is 5.69 Å². The van der Waals surface area contributed by atoms with Crippen LogP contribution in [0.1, 0.15) is 30.0 Å². The normalized spacial score (nSPS) is 12.3. The van der Waals surface area contributed by atoms with Gasteiger partial charge in [0.05, 0.1) is 10.9 Å². The maximum absolute atomic E-state index is 12.7. The highest BCUT2D eigenvalue weighted by Gasteiger charge is 2.17. The summed E-state index contributed by atoms with van der Waals surface area (Å²) in [7, 11) is -3.77. The standard InChI is InChI=1S/C23H24N2O4S/c24-30(28,29)22-14-9-19(10-15-22)25-23(18-7-12-20(26)13-8-18)16-21(27)11-6-17-4-2-1-3-5-17/h1-5,7-10,12-15,23,25-26H,6,11,16H2,(H2,24,28,29). The zero-order chi connectivity index (χ0) is 21.6. The Morgan fingerprint density at radius 1 is 0.933 bits per heavy atom. The van der Waals surface area contributed by atoms with Crippen LogP contribution in [0.25, 0.3) is 0 Å². The van der Waals surface area contributed by atoms with Crippen molar-refractivity contribution in [3.8, 4) is 5.75 Å². The number of benzene rings is 3. The lowest BCUT2D eigenvalue weighted by atomic mass is 9.97. The minimum Gasteiger partial charge on any atom is -0.508 e. The largest absolute Gasteiger partial charge is 0.508 e. The number of rotatable bonds is 9. The van der Waals surface area contributed by atoms with Gasteiger partial charge in [0.2, 0.25) is 10.0 Å². The van der Waals surface area contributed by atoms with E-state index >= 15 is 0 Å². The number of aromatic hydroxyl groups is 1. The smallest absolute Gasteiger partial charge is 0.238 e. The molecule has 3 aromatic rings. The van der Waals surface area contributed by atoms with E-state index in [9.17, 15) is 18.3 Å². The Balaban J connectivity index is 1.73. The van der Waals surface area contributed by atoms with Gasteiger partial charge in [-0.3, -0.25) is 4.79 Å². The average Bonchev–Trinajstić information content (AvgIpc) is 2.73. The van der Waals surface area contributed by atoms with Gasteiger partial charge in [-0.25, -0.2) is 13.6 Å². The molecule has 156 valence electrons. The first-order valence-corrected chi connectivity index (χ1v) is 11.1. The van der Waals surface area contributed by atoms with Crippen molar-refractivity contribution in [2.45, 2.75) is 30.2 Å². The van der Waals surface area contributed by atoms with Gasteiger partial charge in [-0.05, 0) is 53.9 Å². The van der Waals surface area contributed by atoms with Crippen LogP contribution in [0.2, 0.25) is 0 Å². The SMILES string of the molecule is NS(=O)(=O)c1ccc(NC(CC(=O)CCc2ccccc2)c2ccc(O)cc2)cc1. The number of anilines is 1. The summed E-state index contributed by atoms with van der Waals surface area (Å²) >= 11 is 0. The lowest BCUT2D eigenvalue weighted by Gasteiger charge is -2.20. The molecule has 1 atom stereocenters. The fourth-order valence-electron chi connectivity index (χ4n) is 3.16. The molecule has 0 saturated heterocycles. The second kappa shape index (κ2) is 9.56. The van der Waals surface area contributed by atoms with Crippen molar-refractivity contribution >= 4 is 21.5 Å². The predicted octanol–water partition coefficient (Wildman–Crippen LogP) is 3.78. The van der Waals surface area contributed by atoms with Crippen LogP contribution in [0.3, 0.4) is 0 Å². The van der Waals surface area contributed by atoms with Gasteiger partial charge in [0.15, 0.2) is 0 Å². The molecule has 30 heavy (non-hydrogen) atoms. The highest BCUT2D eigenvalue weighted by Crippen LogP contribution is 2.26. The second-order valence-corrected chi connectivity index (χ2v) is 8.65. The second-order valence-electron chi connectivity index (χ2n) is 7.09. The van der Waals surface area contributed by atoms with Crippen LogP contribution in [0.5, 0.6) is 5.75 Å². The van der Waals surface area contributed by atoms with E-state index in [2.05, 4.69) is 5.32 Å². The molecule has 0 amide bonds. The van der Waals surface area contributed by atoms with E-state index in [1.165, 1.54) is 12.1 Å². The molecule has 4 N–H and O–H groups in total. The van der Waals surface area contributed by atoms with Crippen LogP contribution in [-0.4, -0.2) is 19.3 Å². The monoisotopic (exact) mass is 424 g/mol. The van der Waals surface area contributed by atoms with Crippen LogP contribution < -0.4 is 10.5 Å². The van der Waals surface area contributed by atoms with Crippen molar-refractivity contribution in [2.24, 2.45) is 5.14 Å². The molecule has 6 nitrogen and oxygen atoms in total. The topological polar surface area (TPSA) is 109 Å². The molecule has 0 radical (unpaired) electrons. The van der Waals surface area contributed by atoms with Gasteiger partial charge in [-0.15, -0.1) is 0 Å². The van der Waals surface area contributed by atoms with E-state index in [-0.39, 0.29) is 28.9 Å². The van der Waals surface area contributed by atoms with Crippen molar-refractivity contribution in [3.63, 3.8) is 0 Å². The Morgan fingerprint density at radius 3 is 2.17 bits per heavy atom. The zero-order valence-corrected chi connectivity index (χ0v) is 17.2. The Labute approximate surface area is 176 Å².